The first kappa shape index (κ1) is 10.3. The van der Waals surface area contributed by atoms with Gasteiger partial charge in [-0.3, -0.25) is 0 Å². The van der Waals surface area contributed by atoms with Gasteiger partial charge in [0.1, 0.15) is 5.82 Å². The highest BCUT2D eigenvalue weighted by Crippen LogP contribution is 2.27. The first-order valence-electron chi connectivity index (χ1n) is 5.63. The van der Waals surface area contributed by atoms with Crippen LogP contribution < -0.4 is 10.6 Å². The number of nitrogens with zero attached hydrogens (tertiary/aromatic N) is 2. The second-order valence-corrected chi connectivity index (χ2v) is 4.68. The summed E-state index contributed by atoms with van der Waals surface area (Å²) < 4.78 is 0. The number of anilines is 2. The summed E-state index contributed by atoms with van der Waals surface area (Å²) in [6, 6.07) is 3.93. The molecule has 1 atom stereocenters. The van der Waals surface area contributed by atoms with E-state index in [4.69, 9.17) is 5.73 Å². The van der Waals surface area contributed by atoms with Crippen molar-refractivity contribution < 1.29 is 0 Å². The Kier molecular flexibility index (Phi) is 2.80. The molecule has 0 aromatic carbocycles. The van der Waals surface area contributed by atoms with E-state index in [9.17, 15) is 0 Å². The molecule has 2 rings (SSSR count). The predicted octanol–water partition coefficient (Wildman–Crippen LogP) is 2.15. The summed E-state index contributed by atoms with van der Waals surface area (Å²) in [7, 11) is 0. The van der Waals surface area contributed by atoms with Crippen LogP contribution in [-0.2, 0) is 0 Å². The highest BCUT2D eigenvalue weighted by molar-refractivity contribution is 5.48. The third-order valence-corrected chi connectivity index (χ3v) is 3.30. The minimum absolute atomic E-state index is 0.596. The standard InChI is InChI=1S/C12H19N3/c1-9(2)10-5-6-15(8-10)11-3-4-12(13)14-7-11/h3-4,7,9-10H,5-6,8H2,1-2H3,(H2,13,14). The van der Waals surface area contributed by atoms with Gasteiger partial charge in [-0.1, -0.05) is 13.8 Å². The minimum atomic E-state index is 0.596. The molecular formula is C12H19N3. The summed E-state index contributed by atoms with van der Waals surface area (Å²) in [4.78, 5) is 6.53. The van der Waals surface area contributed by atoms with E-state index in [1.807, 2.05) is 12.3 Å². The van der Waals surface area contributed by atoms with E-state index in [2.05, 4.69) is 29.8 Å². The molecule has 0 amide bonds. The van der Waals surface area contributed by atoms with Crippen molar-refractivity contribution in [1.82, 2.24) is 4.98 Å². The highest BCUT2D eigenvalue weighted by Gasteiger charge is 2.24. The molecule has 0 saturated carbocycles. The zero-order valence-corrected chi connectivity index (χ0v) is 9.48. The van der Waals surface area contributed by atoms with E-state index in [-0.39, 0.29) is 0 Å². The molecule has 1 aliphatic rings. The average molecular weight is 205 g/mol. The van der Waals surface area contributed by atoms with E-state index in [0.717, 1.165) is 24.9 Å². The van der Waals surface area contributed by atoms with Crippen molar-refractivity contribution in [3.63, 3.8) is 0 Å². The largest absolute Gasteiger partial charge is 0.384 e. The molecule has 1 fully saturated rings. The predicted molar refractivity (Wildman–Crippen MR) is 63.8 cm³/mol. The van der Waals surface area contributed by atoms with Crippen molar-refractivity contribution >= 4 is 11.5 Å². The number of hydrogen-bond donors (Lipinski definition) is 1. The second-order valence-electron chi connectivity index (χ2n) is 4.68. The van der Waals surface area contributed by atoms with Crippen molar-refractivity contribution in [2.75, 3.05) is 23.7 Å². The molecule has 3 heteroatoms. The van der Waals surface area contributed by atoms with Gasteiger partial charge in [-0.15, -0.1) is 0 Å². The van der Waals surface area contributed by atoms with E-state index >= 15 is 0 Å². The summed E-state index contributed by atoms with van der Waals surface area (Å²) in [6.45, 7) is 6.91. The lowest BCUT2D eigenvalue weighted by Crippen LogP contribution is -2.21. The number of rotatable bonds is 2. The Morgan fingerprint density at radius 1 is 1.47 bits per heavy atom. The maximum Gasteiger partial charge on any atom is 0.123 e. The van der Waals surface area contributed by atoms with E-state index in [1.54, 1.807) is 0 Å². The smallest absolute Gasteiger partial charge is 0.123 e. The van der Waals surface area contributed by atoms with Crippen LogP contribution in [0.2, 0.25) is 0 Å². The number of nitrogens with two attached hydrogens (primary N) is 1. The molecule has 1 aromatic heterocycles. The SMILES string of the molecule is CC(C)C1CCN(c2ccc(N)nc2)C1. The van der Waals surface area contributed by atoms with Crippen LogP contribution in [0.4, 0.5) is 11.5 Å². The first-order valence-corrected chi connectivity index (χ1v) is 5.63. The van der Waals surface area contributed by atoms with Crippen molar-refractivity contribution in [1.29, 1.82) is 0 Å². The van der Waals surface area contributed by atoms with Gasteiger partial charge >= 0.3 is 0 Å². The zero-order valence-electron chi connectivity index (χ0n) is 9.48. The van der Waals surface area contributed by atoms with Crippen LogP contribution in [0, 0.1) is 11.8 Å². The van der Waals surface area contributed by atoms with Gasteiger partial charge in [0.2, 0.25) is 0 Å². The van der Waals surface area contributed by atoms with E-state index in [0.29, 0.717) is 5.82 Å². The summed E-state index contributed by atoms with van der Waals surface area (Å²) in [5.74, 6) is 2.19. The van der Waals surface area contributed by atoms with Crippen molar-refractivity contribution in [2.24, 2.45) is 11.8 Å². The third kappa shape index (κ3) is 2.22. The van der Waals surface area contributed by atoms with Crippen molar-refractivity contribution in [3.8, 4) is 0 Å². The topological polar surface area (TPSA) is 42.1 Å². The summed E-state index contributed by atoms with van der Waals surface area (Å²) in [5, 5.41) is 0. The summed E-state index contributed by atoms with van der Waals surface area (Å²) in [5.41, 5.74) is 6.77. The van der Waals surface area contributed by atoms with Gasteiger partial charge in [-0.2, -0.15) is 0 Å². The molecule has 82 valence electrons. The van der Waals surface area contributed by atoms with Gasteiger partial charge in [-0.05, 0) is 30.4 Å². The van der Waals surface area contributed by atoms with Crippen LogP contribution in [0.5, 0.6) is 0 Å². The number of aromatic nitrogens is 1. The van der Waals surface area contributed by atoms with Crippen LogP contribution in [0.1, 0.15) is 20.3 Å². The fraction of sp³-hybridized carbons (Fsp3) is 0.583. The molecule has 1 aliphatic heterocycles. The molecule has 2 heterocycles. The Balaban J connectivity index is 2.04. The summed E-state index contributed by atoms with van der Waals surface area (Å²) in [6.07, 6.45) is 3.17. The molecule has 0 radical (unpaired) electrons. The van der Waals surface area contributed by atoms with Crippen LogP contribution in [0.3, 0.4) is 0 Å². The number of nitrogen functional groups attached to an aromatic ring is 1. The van der Waals surface area contributed by atoms with Gasteiger partial charge in [0.05, 0.1) is 11.9 Å². The normalized spacial score (nSPS) is 21.3. The van der Waals surface area contributed by atoms with Gasteiger partial charge < -0.3 is 10.6 Å². The fourth-order valence-electron chi connectivity index (χ4n) is 2.15. The Morgan fingerprint density at radius 3 is 2.80 bits per heavy atom. The third-order valence-electron chi connectivity index (χ3n) is 3.30. The lowest BCUT2D eigenvalue weighted by Gasteiger charge is -2.19. The molecule has 1 aromatic rings. The maximum atomic E-state index is 5.57. The lowest BCUT2D eigenvalue weighted by atomic mass is 9.95. The zero-order chi connectivity index (χ0) is 10.8. The molecule has 0 bridgehead atoms. The van der Waals surface area contributed by atoms with E-state index in [1.165, 1.54) is 12.1 Å². The monoisotopic (exact) mass is 205 g/mol. The van der Waals surface area contributed by atoms with Crippen LogP contribution in [-0.4, -0.2) is 18.1 Å². The molecule has 3 nitrogen and oxygen atoms in total. The highest BCUT2D eigenvalue weighted by atomic mass is 15.2. The maximum absolute atomic E-state index is 5.57. The first-order chi connectivity index (χ1) is 7.16. The number of hydrogen-bond acceptors (Lipinski definition) is 3. The van der Waals surface area contributed by atoms with Gasteiger partial charge in [0.15, 0.2) is 0 Å². The Hall–Kier alpha value is -1.25. The van der Waals surface area contributed by atoms with Crippen LogP contribution in [0.15, 0.2) is 18.3 Å². The molecule has 15 heavy (non-hydrogen) atoms. The fourth-order valence-corrected chi connectivity index (χ4v) is 2.15. The average Bonchev–Trinajstić information content (AvgIpc) is 2.68. The minimum Gasteiger partial charge on any atom is -0.384 e. The second kappa shape index (κ2) is 4.09. The Labute approximate surface area is 91.3 Å². The summed E-state index contributed by atoms with van der Waals surface area (Å²) >= 11 is 0. The molecule has 2 N–H and O–H groups in total. The lowest BCUT2D eigenvalue weighted by molar-refractivity contribution is 0.423. The Morgan fingerprint density at radius 2 is 2.27 bits per heavy atom. The Bertz CT molecular complexity index is 318. The van der Waals surface area contributed by atoms with Gasteiger partial charge in [0, 0.05) is 13.1 Å². The quantitative estimate of drug-likeness (QED) is 0.804. The van der Waals surface area contributed by atoms with Gasteiger partial charge in [-0.25, -0.2) is 4.98 Å². The molecular weight excluding hydrogens is 186 g/mol. The van der Waals surface area contributed by atoms with Crippen LogP contribution in [0.25, 0.3) is 0 Å². The van der Waals surface area contributed by atoms with Crippen molar-refractivity contribution in [3.05, 3.63) is 18.3 Å². The number of pyridine rings is 1. The molecule has 0 spiro atoms. The van der Waals surface area contributed by atoms with Crippen molar-refractivity contribution in [2.45, 2.75) is 20.3 Å². The molecule has 1 saturated heterocycles. The van der Waals surface area contributed by atoms with Crippen LogP contribution >= 0.6 is 0 Å². The van der Waals surface area contributed by atoms with E-state index < -0.39 is 0 Å². The van der Waals surface area contributed by atoms with Gasteiger partial charge in [0.25, 0.3) is 0 Å². The molecule has 1 unspecified atom stereocenters. The molecule has 0 aliphatic carbocycles.